The average Bonchev–Trinajstić information content (AvgIpc) is 2.85. The van der Waals surface area contributed by atoms with Crippen LogP contribution in [0.1, 0.15) is 25.3 Å². The Kier molecular flexibility index (Phi) is 5.36. The second-order valence-electron chi connectivity index (χ2n) is 4.33. The lowest BCUT2D eigenvalue weighted by molar-refractivity contribution is -0.121. The summed E-state index contributed by atoms with van der Waals surface area (Å²) >= 11 is 1.72. The van der Waals surface area contributed by atoms with Crippen LogP contribution in [0.4, 0.5) is 0 Å². The van der Waals surface area contributed by atoms with E-state index in [9.17, 15) is 4.79 Å². The van der Waals surface area contributed by atoms with Crippen molar-refractivity contribution in [3.05, 3.63) is 35.2 Å². The maximum Gasteiger partial charge on any atom is 0.220 e. The Morgan fingerprint density at radius 1 is 1.37 bits per heavy atom. The molecule has 0 aliphatic carbocycles. The zero-order valence-corrected chi connectivity index (χ0v) is 12.0. The Balaban J connectivity index is 1.80. The molecule has 0 saturated heterocycles. The summed E-state index contributed by atoms with van der Waals surface area (Å²) in [5.41, 5.74) is 1.19. The summed E-state index contributed by atoms with van der Waals surface area (Å²) in [6.45, 7) is 3.94. The molecule has 0 radical (unpaired) electrons. The van der Waals surface area contributed by atoms with Gasteiger partial charge in [-0.15, -0.1) is 11.3 Å². The lowest BCUT2D eigenvalue weighted by Gasteiger charge is -2.05. The highest BCUT2D eigenvalue weighted by atomic mass is 32.1. The summed E-state index contributed by atoms with van der Waals surface area (Å²) in [5, 5.41) is 6.32. The molecule has 1 heterocycles. The van der Waals surface area contributed by atoms with E-state index in [-0.39, 0.29) is 5.91 Å². The number of benzene rings is 1. The molecule has 2 rings (SSSR count). The van der Waals surface area contributed by atoms with E-state index in [1.54, 1.807) is 11.3 Å². The van der Waals surface area contributed by atoms with Crippen LogP contribution in [0.5, 0.6) is 0 Å². The van der Waals surface area contributed by atoms with Gasteiger partial charge in [0.2, 0.25) is 5.91 Å². The predicted molar refractivity (Wildman–Crippen MR) is 79.4 cm³/mol. The summed E-state index contributed by atoms with van der Waals surface area (Å²) in [6.07, 6.45) is 1.31. The van der Waals surface area contributed by atoms with E-state index >= 15 is 0 Å². The molecule has 0 unspecified atom stereocenters. The lowest BCUT2D eigenvalue weighted by atomic mass is 10.2. The minimum atomic E-state index is 0.0926. The van der Waals surface area contributed by atoms with Crippen LogP contribution in [0.15, 0.2) is 29.6 Å². The van der Waals surface area contributed by atoms with Gasteiger partial charge in [0.05, 0.1) is 0 Å². The fourth-order valence-corrected chi connectivity index (χ4v) is 2.89. The highest BCUT2D eigenvalue weighted by Gasteiger charge is 2.05. The van der Waals surface area contributed by atoms with Gasteiger partial charge >= 0.3 is 0 Å². The van der Waals surface area contributed by atoms with Gasteiger partial charge in [-0.3, -0.25) is 4.79 Å². The zero-order chi connectivity index (χ0) is 13.5. The van der Waals surface area contributed by atoms with Gasteiger partial charge in [0, 0.05) is 30.9 Å². The van der Waals surface area contributed by atoms with Crippen molar-refractivity contribution in [2.24, 2.45) is 0 Å². The summed E-state index contributed by atoms with van der Waals surface area (Å²) in [6, 6.07) is 8.27. The zero-order valence-electron chi connectivity index (χ0n) is 11.1. The van der Waals surface area contributed by atoms with E-state index in [0.717, 1.165) is 6.42 Å². The van der Waals surface area contributed by atoms with E-state index in [0.29, 0.717) is 26.2 Å². The fraction of sp³-hybridized carbons (Fsp3) is 0.400. The minimum Gasteiger partial charge on any atom is -0.382 e. The first-order valence-corrected chi connectivity index (χ1v) is 7.48. The molecule has 102 valence electrons. The molecule has 0 fully saturated rings. The standard InChI is InChI=1S/C15H19NO2S/c1-2-18-9-5-8-15(17)16-10-12-11-19-14-7-4-3-6-13(12)14/h3-4,6-7,11H,2,5,8-10H2,1H3,(H,16,17). The van der Waals surface area contributed by atoms with Crippen LogP contribution in [0.2, 0.25) is 0 Å². The van der Waals surface area contributed by atoms with Crippen LogP contribution in [0, 0.1) is 0 Å². The highest BCUT2D eigenvalue weighted by molar-refractivity contribution is 7.17. The number of carbonyl (C=O) groups excluding carboxylic acids is 1. The molecule has 0 spiro atoms. The van der Waals surface area contributed by atoms with Crippen LogP contribution < -0.4 is 5.32 Å². The third-order valence-electron chi connectivity index (χ3n) is 2.93. The number of nitrogens with one attached hydrogen (secondary N) is 1. The normalized spacial score (nSPS) is 10.8. The maximum atomic E-state index is 11.7. The molecule has 0 aliphatic rings. The van der Waals surface area contributed by atoms with Gasteiger partial charge in [-0.05, 0) is 35.7 Å². The van der Waals surface area contributed by atoms with Crippen LogP contribution in [0.25, 0.3) is 10.1 Å². The second kappa shape index (κ2) is 7.26. The molecular formula is C15H19NO2S. The molecular weight excluding hydrogens is 258 g/mol. The van der Waals surface area contributed by atoms with Crippen molar-refractivity contribution >= 4 is 27.3 Å². The van der Waals surface area contributed by atoms with E-state index in [1.165, 1.54) is 15.6 Å². The highest BCUT2D eigenvalue weighted by Crippen LogP contribution is 2.25. The number of hydrogen-bond donors (Lipinski definition) is 1. The first-order chi connectivity index (χ1) is 9.31. The SMILES string of the molecule is CCOCCCC(=O)NCc1csc2ccccc12. The molecule has 1 N–H and O–H groups in total. The summed E-state index contributed by atoms with van der Waals surface area (Å²) < 4.78 is 6.48. The number of fused-ring (bicyclic) bond motifs is 1. The Morgan fingerprint density at radius 2 is 2.21 bits per heavy atom. The number of amides is 1. The van der Waals surface area contributed by atoms with Gasteiger partial charge in [-0.2, -0.15) is 0 Å². The van der Waals surface area contributed by atoms with Gasteiger partial charge in [-0.25, -0.2) is 0 Å². The van der Waals surface area contributed by atoms with Crippen molar-refractivity contribution in [2.45, 2.75) is 26.3 Å². The number of ether oxygens (including phenoxy) is 1. The largest absolute Gasteiger partial charge is 0.382 e. The monoisotopic (exact) mass is 277 g/mol. The Labute approximate surface area is 117 Å². The van der Waals surface area contributed by atoms with E-state index < -0.39 is 0 Å². The quantitative estimate of drug-likeness (QED) is 0.788. The topological polar surface area (TPSA) is 38.3 Å². The van der Waals surface area contributed by atoms with Crippen LogP contribution in [0.3, 0.4) is 0 Å². The molecule has 0 bridgehead atoms. The number of hydrogen-bond acceptors (Lipinski definition) is 3. The van der Waals surface area contributed by atoms with Gasteiger partial charge in [0.1, 0.15) is 0 Å². The van der Waals surface area contributed by atoms with Gasteiger partial charge in [-0.1, -0.05) is 18.2 Å². The van der Waals surface area contributed by atoms with Crippen molar-refractivity contribution in [3.8, 4) is 0 Å². The summed E-state index contributed by atoms with van der Waals surface area (Å²) in [5.74, 6) is 0.0926. The molecule has 1 amide bonds. The van der Waals surface area contributed by atoms with Crippen LogP contribution in [-0.2, 0) is 16.1 Å². The number of rotatable bonds is 7. The number of carbonyl (C=O) groups is 1. The van der Waals surface area contributed by atoms with Crippen molar-refractivity contribution < 1.29 is 9.53 Å². The van der Waals surface area contributed by atoms with Gasteiger partial charge in [0.25, 0.3) is 0 Å². The third-order valence-corrected chi connectivity index (χ3v) is 3.95. The third kappa shape index (κ3) is 4.04. The van der Waals surface area contributed by atoms with Crippen LogP contribution in [-0.4, -0.2) is 19.1 Å². The van der Waals surface area contributed by atoms with E-state index in [4.69, 9.17) is 4.74 Å². The van der Waals surface area contributed by atoms with E-state index in [2.05, 4.69) is 22.8 Å². The van der Waals surface area contributed by atoms with Crippen molar-refractivity contribution in [1.82, 2.24) is 5.32 Å². The van der Waals surface area contributed by atoms with E-state index in [1.807, 2.05) is 19.1 Å². The molecule has 1 aromatic carbocycles. The summed E-state index contributed by atoms with van der Waals surface area (Å²) in [4.78, 5) is 11.7. The molecule has 1 aromatic heterocycles. The minimum absolute atomic E-state index is 0.0926. The molecule has 2 aromatic rings. The molecule has 3 nitrogen and oxygen atoms in total. The Hall–Kier alpha value is -1.39. The average molecular weight is 277 g/mol. The first kappa shape index (κ1) is 14.0. The molecule has 19 heavy (non-hydrogen) atoms. The van der Waals surface area contributed by atoms with Crippen molar-refractivity contribution in [1.29, 1.82) is 0 Å². The fourth-order valence-electron chi connectivity index (χ4n) is 1.93. The molecule has 0 atom stereocenters. The Morgan fingerprint density at radius 3 is 3.05 bits per heavy atom. The van der Waals surface area contributed by atoms with Gasteiger partial charge < -0.3 is 10.1 Å². The number of thiophene rings is 1. The molecule has 4 heteroatoms. The predicted octanol–water partition coefficient (Wildman–Crippen LogP) is 3.33. The van der Waals surface area contributed by atoms with Crippen molar-refractivity contribution in [2.75, 3.05) is 13.2 Å². The first-order valence-electron chi connectivity index (χ1n) is 6.61. The lowest BCUT2D eigenvalue weighted by Crippen LogP contribution is -2.22. The smallest absolute Gasteiger partial charge is 0.220 e. The van der Waals surface area contributed by atoms with Gasteiger partial charge in [0.15, 0.2) is 0 Å². The Bertz CT molecular complexity index is 536. The van der Waals surface area contributed by atoms with Crippen LogP contribution >= 0.6 is 11.3 Å². The van der Waals surface area contributed by atoms with Crippen molar-refractivity contribution in [3.63, 3.8) is 0 Å². The maximum absolute atomic E-state index is 11.7. The molecule has 0 saturated carbocycles. The summed E-state index contributed by atoms with van der Waals surface area (Å²) in [7, 11) is 0. The molecule has 0 aliphatic heterocycles. The second-order valence-corrected chi connectivity index (χ2v) is 5.25.